The smallest absolute Gasteiger partial charge is 0.339 e. The highest BCUT2D eigenvalue weighted by Gasteiger charge is 2.35. The van der Waals surface area contributed by atoms with Crippen LogP contribution in [0.15, 0.2) is 53.4 Å². The molecule has 2 aromatic carbocycles. The minimum atomic E-state index is -3.91. The van der Waals surface area contributed by atoms with Crippen LogP contribution in [0.3, 0.4) is 0 Å². The van der Waals surface area contributed by atoms with Gasteiger partial charge in [-0.25, -0.2) is 17.6 Å². The Morgan fingerprint density at radius 1 is 1.09 bits per heavy atom. The number of ether oxygens (including phenoxy) is 1. The van der Waals surface area contributed by atoms with Crippen molar-refractivity contribution in [3.05, 3.63) is 65.5 Å². The number of carbonyl (C=O) groups is 2. The lowest BCUT2D eigenvalue weighted by Gasteiger charge is -2.32. The third kappa shape index (κ3) is 5.42. The number of piperidine rings is 1. The highest BCUT2D eigenvalue weighted by molar-refractivity contribution is 7.89. The second kappa shape index (κ2) is 10.0. The number of methoxy groups -OCH3 is 1. The maximum Gasteiger partial charge on any atom is 0.339 e. The van der Waals surface area contributed by atoms with E-state index in [1.165, 1.54) is 29.6 Å². The second-order valence-electron chi connectivity index (χ2n) is 8.75. The molecule has 178 valence electrons. The molecule has 1 heterocycles. The minimum Gasteiger partial charge on any atom is -0.465 e. The Kier molecular flexibility index (Phi) is 7.54. The van der Waals surface area contributed by atoms with E-state index in [0.29, 0.717) is 18.4 Å². The van der Waals surface area contributed by atoms with Crippen molar-refractivity contribution in [2.75, 3.05) is 26.7 Å². The molecule has 0 saturated carbocycles. The zero-order valence-corrected chi connectivity index (χ0v) is 19.8. The van der Waals surface area contributed by atoms with Crippen LogP contribution in [0.1, 0.15) is 42.6 Å². The molecule has 1 N–H and O–H groups in total. The van der Waals surface area contributed by atoms with Gasteiger partial charge in [0.15, 0.2) is 0 Å². The third-order valence-corrected chi connectivity index (χ3v) is 8.00. The summed E-state index contributed by atoms with van der Waals surface area (Å²) in [5, 5.41) is 2.90. The summed E-state index contributed by atoms with van der Waals surface area (Å²) in [6, 6.07) is 12.4. The molecule has 0 aliphatic carbocycles. The fraction of sp³-hybridized carbons (Fsp3) is 0.417. The topological polar surface area (TPSA) is 92.8 Å². The summed E-state index contributed by atoms with van der Waals surface area (Å²) in [6.45, 7) is 4.30. The Bertz CT molecular complexity index is 1130. The molecular formula is C24H29FN2O5S. The summed E-state index contributed by atoms with van der Waals surface area (Å²) in [5.41, 5.74) is -0.0893. The van der Waals surface area contributed by atoms with E-state index in [1.807, 2.05) is 13.8 Å². The van der Waals surface area contributed by atoms with E-state index in [-0.39, 0.29) is 47.7 Å². The van der Waals surface area contributed by atoms with Crippen molar-refractivity contribution in [2.24, 2.45) is 5.92 Å². The minimum absolute atomic E-state index is 0.0183. The predicted octanol–water partition coefficient (Wildman–Crippen LogP) is 3.11. The Morgan fingerprint density at radius 3 is 2.33 bits per heavy atom. The largest absolute Gasteiger partial charge is 0.465 e. The number of halogens is 1. The number of carbonyl (C=O) groups excluding carboxylic acids is 2. The molecule has 1 fully saturated rings. The molecule has 1 aliphatic heterocycles. The first kappa shape index (κ1) is 24.9. The van der Waals surface area contributed by atoms with Gasteiger partial charge >= 0.3 is 5.97 Å². The van der Waals surface area contributed by atoms with Gasteiger partial charge in [-0.3, -0.25) is 4.79 Å². The molecule has 3 rings (SSSR count). The van der Waals surface area contributed by atoms with Crippen LogP contribution in [0.5, 0.6) is 0 Å². The number of benzene rings is 2. The third-order valence-electron chi connectivity index (χ3n) is 6.04. The summed E-state index contributed by atoms with van der Waals surface area (Å²) < 4.78 is 46.4. The summed E-state index contributed by atoms with van der Waals surface area (Å²) in [6.07, 6.45) is 0.706. The molecule has 1 aliphatic rings. The Balaban J connectivity index is 1.62. The number of esters is 1. The molecule has 0 unspecified atom stereocenters. The molecule has 9 heteroatoms. The van der Waals surface area contributed by atoms with Gasteiger partial charge in [0.25, 0.3) is 0 Å². The summed E-state index contributed by atoms with van der Waals surface area (Å²) in [5.74, 6) is -1.56. The van der Waals surface area contributed by atoms with Crippen LogP contribution in [-0.2, 0) is 25.0 Å². The molecule has 7 nitrogen and oxygen atoms in total. The monoisotopic (exact) mass is 476 g/mol. The zero-order valence-electron chi connectivity index (χ0n) is 19.0. The van der Waals surface area contributed by atoms with Crippen LogP contribution >= 0.6 is 0 Å². The van der Waals surface area contributed by atoms with Crippen molar-refractivity contribution in [1.29, 1.82) is 0 Å². The first-order chi connectivity index (χ1) is 15.6. The van der Waals surface area contributed by atoms with E-state index in [1.54, 1.807) is 30.3 Å². The van der Waals surface area contributed by atoms with Crippen molar-refractivity contribution >= 4 is 21.9 Å². The molecule has 33 heavy (non-hydrogen) atoms. The summed E-state index contributed by atoms with van der Waals surface area (Å²) in [4.78, 5) is 24.6. The number of sulfonamides is 1. The fourth-order valence-corrected chi connectivity index (χ4v) is 5.67. The Labute approximate surface area is 194 Å². The maximum atomic E-state index is 14.2. The number of hydrogen-bond donors (Lipinski definition) is 1. The van der Waals surface area contributed by atoms with E-state index in [4.69, 9.17) is 4.74 Å². The van der Waals surface area contributed by atoms with Crippen molar-refractivity contribution in [1.82, 2.24) is 9.62 Å². The summed E-state index contributed by atoms with van der Waals surface area (Å²) in [7, 11) is -2.72. The molecule has 0 radical (unpaired) electrons. The van der Waals surface area contributed by atoms with Gasteiger partial charge in [0.1, 0.15) is 5.82 Å². The predicted molar refractivity (Wildman–Crippen MR) is 122 cm³/mol. The Morgan fingerprint density at radius 2 is 1.70 bits per heavy atom. The van der Waals surface area contributed by atoms with Gasteiger partial charge in [0.2, 0.25) is 15.9 Å². The standard InChI is InChI=1S/C24H29FN2O5S/c1-24(2,19-9-5-6-10-20(19)25)16-26-22(28)17-12-14-27(15-13-17)33(30,31)21-11-7-4-8-18(21)23(29)32-3/h4-11,17H,12-16H2,1-3H3,(H,26,28). The number of amides is 1. The average Bonchev–Trinajstić information content (AvgIpc) is 2.82. The van der Waals surface area contributed by atoms with Crippen molar-refractivity contribution < 1.29 is 27.1 Å². The molecule has 1 amide bonds. The second-order valence-corrected chi connectivity index (χ2v) is 10.7. The van der Waals surface area contributed by atoms with Crippen LogP contribution in [0.2, 0.25) is 0 Å². The van der Waals surface area contributed by atoms with Crippen LogP contribution in [0.4, 0.5) is 4.39 Å². The maximum absolute atomic E-state index is 14.2. The van der Waals surface area contributed by atoms with Crippen LogP contribution in [-0.4, -0.2) is 51.3 Å². The first-order valence-corrected chi connectivity index (χ1v) is 12.2. The molecule has 1 saturated heterocycles. The molecule has 0 aromatic heterocycles. The summed E-state index contributed by atoms with van der Waals surface area (Å²) >= 11 is 0. The molecule has 0 bridgehead atoms. The molecule has 0 atom stereocenters. The fourth-order valence-electron chi connectivity index (χ4n) is 4.03. The lowest BCUT2D eigenvalue weighted by Crippen LogP contribution is -2.45. The van der Waals surface area contributed by atoms with Crippen molar-refractivity contribution in [3.8, 4) is 0 Å². The van der Waals surface area contributed by atoms with Gasteiger partial charge in [-0.15, -0.1) is 0 Å². The number of nitrogens with one attached hydrogen (secondary N) is 1. The highest BCUT2D eigenvalue weighted by atomic mass is 32.2. The van der Waals surface area contributed by atoms with E-state index in [0.717, 1.165) is 0 Å². The van der Waals surface area contributed by atoms with E-state index in [2.05, 4.69) is 5.32 Å². The lowest BCUT2D eigenvalue weighted by atomic mass is 9.84. The van der Waals surface area contributed by atoms with E-state index in [9.17, 15) is 22.4 Å². The zero-order chi connectivity index (χ0) is 24.2. The van der Waals surface area contributed by atoms with Gasteiger partial charge in [-0.05, 0) is 36.6 Å². The van der Waals surface area contributed by atoms with Gasteiger partial charge < -0.3 is 10.1 Å². The normalized spacial score (nSPS) is 15.8. The molecular weight excluding hydrogens is 447 g/mol. The highest BCUT2D eigenvalue weighted by Crippen LogP contribution is 2.28. The number of nitrogens with zero attached hydrogens (tertiary/aromatic N) is 1. The van der Waals surface area contributed by atoms with Crippen LogP contribution < -0.4 is 5.32 Å². The van der Waals surface area contributed by atoms with Gasteiger partial charge in [0.05, 0.1) is 17.6 Å². The van der Waals surface area contributed by atoms with Gasteiger partial charge in [-0.2, -0.15) is 4.31 Å². The van der Waals surface area contributed by atoms with Crippen molar-refractivity contribution in [3.63, 3.8) is 0 Å². The SMILES string of the molecule is COC(=O)c1ccccc1S(=O)(=O)N1CCC(C(=O)NCC(C)(C)c2ccccc2F)CC1. The van der Waals surface area contributed by atoms with Gasteiger partial charge in [-0.1, -0.05) is 44.2 Å². The lowest BCUT2D eigenvalue weighted by molar-refractivity contribution is -0.126. The molecule has 0 spiro atoms. The van der Waals surface area contributed by atoms with Crippen LogP contribution in [0, 0.1) is 11.7 Å². The van der Waals surface area contributed by atoms with Crippen molar-refractivity contribution in [2.45, 2.75) is 37.0 Å². The van der Waals surface area contributed by atoms with Gasteiger partial charge in [0, 0.05) is 31.0 Å². The number of hydrogen-bond acceptors (Lipinski definition) is 5. The van der Waals surface area contributed by atoms with Crippen LogP contribution in [0.25, 0.3) is 0 Å². The van der Waals surface area contributed by atoms with E-state index >= 15 is 0 Å². The average molecular weight is 477 g/mol. The first-order valence-electron chi connectivity index (χ1n) is 10.8. The number of rotatable bonds is 7. The quantitative estimate of drug-likeness (QED) is 0.620. The van der Waals surface area contributed by atoms with E-state index < -0.39 is 21.4 Å². The Hall–Kier alpha value is -2.78. The molecule has 2 aromatic rings.